The van der Waals surface area contributed by atoms with Crippen LogP contribution in [0.5, 0.6) is 0 Å². The van der Waals surface area contributed by atoms with Crippen molar-refractivity contribution in [1.82, 2.24) is 15.0 Å². The van der Waals surface area contributed by atoms with Gasteiger partial charge in [-0.25, -0.2) is 19.3 Å². The number of anilines is 1. The highest BCUT2D eigenvalue weighted by atomic mass is 32.2. The van der Waals surface area contributed by atoms with Crippen molar-refractivity contribution in [2.24, 2.45) is 4.99 Å². The largest absolute Gasteiger partial charge is 0.354 e. The Morgan fingerprint density at radius 1 is 1.22 bits per heavy atom. The molecule has 0 aliphatic carbocycles. The predicted molar refractivity (Wildman–Crippen MR) is 92.6 cm³/mol. The number of aromatic nitrogens is 3. The zero-order chi connectivity index (χ0) is 15.6. The lowest BCUT2D eigenvalue weighted by atomic mass is 10.1. The lowest BCUT2D eigenvalue weighted by Crippen LogP contribution is -2.35. The Balaban J connectivity index is 1.72. The quantitative estimate of drug-likeness (QED) is 0.847. The van der Waals surface area contributed by atoms with Gasteiger partial charge in [-0.15, -0.1) is 11.8 Å². The number of rotatable bonds is 2. The molecule has 2 aliphatic rings. The number of pyridine rings is 1. The molecule has 0 amide bonds. The van der Waals surface area contributed by atoms with E-state index >= 15 is 0 Å². The van der Waals surface area contributed by atoms with Gasteiger partial charge in [0, 0.05) is 24.2 Å². The topological polar surface area (TPSA) is 54.3 Å². The van der Waals surface area contributed by atoms with Crippen LogP contribution in [0.2, 0.25) is 0 Å². The summed E-state index contributed by atoms with van der Waals surface area (Å²) in [5.41, 5.74) is 2.45. The maximum absolute atomic E-state index is 13.4. The molecule has 0 radical (unpaired) electrons. The maximum Gasteiger partial charge on any atom is 0.158 e. The van der Waals surface area contributed by atoms with E-state index in [1.807, 2.05) is 24.4 Å². The number of hydrogen-bond donors (Lipinski definition) is 0. The van der Waals surface area contributed by atoms with Crippen molar-refractivity contribution in [1.29, 1.82) is 0 Å². The predicted octanol–water partition coefficient (Wildman–Crippen LogP) is 3.08. The molecular weight excluding hydrogens is 313 g/mol. The van der Waals surface area contributed by atoms with Gasteiger partial charge < -0.3 is 4.90 Å². The highest BCUT2D eigenvalue weighted by molar-refractivity contribution is 8.04. The van der Waals surface area contributed by atoms with E-state index in [0.717, 1.165) is 33.3 Å². The molecule has 7 heteroatoms. The molecule has 0 atom stereocenters. The van der Waals surface area contributed by atoms with Gasteiger partial charge in [-0.3, -0.25) is 4.99 Å². The number of hydrogen-bond acceptors (Lipinski definition) is 6. The summed E-state index contributed by atoms with van der Waals surface area (Å²) in [4.78, 5) is 20.8. The lowest BCUT2D eigenvalue weighted by Gasteiger charge is -2.29. The molecular formula is C16H16FN5S. The van der Waals surface area contributed by atoms with Crippen molar-refractivity contribution in [2.45, 2.75) is 19.0 Å². The van der Waals surface area contributed by atoms with Gasteiger partial charge in [-0.05, 0) is 31.1 Å². The minimum atomic E-state index is -0.703. The standard InChI is InChI=1S/C16H16FN5S/c17-11-3-5-22(6-4-11)16-15-14(19-9-20-16)2-1-12(21-15)7-13-8-18-10-23-13/h1-2,7-9,11H,3-6,10H2/b13-7-. The Hall–Kier alpha value is -2.02. The second-order valence-corrected chi connectivity index (χ2v) is 6.61. The van der Waals surface area contributed by atoms with Crippen LogP contribution in [0.15, 0.2) is 28.4 Å². The number of thioether (sulfide) groups is 1. The smallest absolute Gasteiger partial charge is 0.158 e. The fourth-order valence-corrected chi connectivity index (χ4v) is 3.47. The SMILES string of the molecule is FC1CCN(c2ncnc3ccc(/C=C4/C=NCS4)nc23)CC1. The molecule has 4 rings (SSSR count). The molecule has 2 aliphatic heterocycles. The van der Waals surface area contributed by atoms with E-state index < -0.39 is 6.17 Å². The van der Waals surface area contributed by atoms with E-state index in [2.05, 4.69) is 19.9 Å². The van der Waals surface area contributed by atoms with Crippen LogP contribution in [0.25, 0.3) is 17.1 Å². The first-order chi connectivity index (χ1) is 11.3. The van der Waals surface area contributed by atoms with Crippen LogP contribution < -0.4 is 4.90 Å². The number of nitrogens with zero attached hydrogens (tertiary/aromatic N) is 5. The lowest BCUT2D eigenvalue weighted by molar-refractivity contribution is 0.277. The van der Waals surface area contributed by atoms with Crippen molar-refractivity contribution >= 4 is 40.9 Å². The van der Waals surface area contributed by atoms with Crippen LogP contribution in [0, 0.1) is 0 Å². The molecule has 0 N–H and O–H groups in total. The number of fused-ring (bicyclic) bond motifs is 1. The zero-order valence-electron chi connectivity index (χ0n) is 12.5. The molecule has 0 unspecified atom stereocenters. The first-order valence-corrected chi connectivity index (χ1v) is 8.63. The van der Waals surface area contributed by atoms with Gasteiger partial charge in [-0.2, -0.15) is 0 Å². The van der Waals surface area contributed by atoms with E-state index in [-0.39, 0.29) is 0 Å². The Morgan fingerprint density at radius 2 is 2.09 bits per heavy atom. The van der Waals surface area contributed by atoms with Crippen LogP contribution in [0.1, 0.15) is 18.5 Å². The second-order valence-electron chi connectivity index (χ2n) is 5.59. The summed E-state index contributed by atoms with van der Waals surface area (Å²) in [7, 11) is 0. The van der Waals surface area contributed by atoms with E-state index in [1.54, 1.807) is 18.1 Å². The second kappa shape index (κ2) is 6.23. The Bertz CT molecular complexity index is 783. The Kier molecular flexibility index (Phi) is 3.95. The van der Waals surface area contributed by atoms with Gasteiger partial charge in [0.15, 0.2) is 5.82 Å². The molecule has 0 bridgehead atoms. The minimum absolute atomic E-state index is 0.544. The summed E-state index contributed by atoms with van der Waals surface area (Å²) in [5.74, 6) is 1.57. The van der Waals surface area contributed by atoms with Crippen molar-refractivity contribution in [3.05, 3.63) is 29.1 Å². The van der Waals surface area contributed by atoms with E-state index in [0.29, 0.717) is 25.9 Å². The normalized spacial score (nSPS) is 20.7. The number of allylic oxidation sites excluding steroid dienone is 1. The molecule has 1 saturated heterocycles. The Labute approximate surface area is 137 Å². The molecule has 0 aromatic carbocycles. The number of halogens is 1. The van der Waals surface area contributed by atoms with Crippen LogP contribution in [-0.2, 0) is 0 Å². The molecule has 23 heavy (non-hydrogen) atoms. The monoisotopic (exact) mass is 329 g/mol. The van der Waals surface area contributed by atoms with Crippen molar-refractivity contribution in [2.75, 3.05) is 23.9 Å². The van der Waals surface area contributed by atoms with Gasteiger partial charge >= 0.3 is 0 Å². The summed E-state index contributed by atoms with van der Waals surface area (Å²) < 4.78 is 13.4. The van der Waals surface area contributed by atoms with Gasteiger partial charge in [-0.1, -0.05) is 0 Å². The average molecular weight is 329 g/mol. The van der Waals surface area contributed by atoms with Gasteiger partial charge in [0.1, 0.15) is 18.0 Å². The molecule has 2 aromatic rings. The first kappa shape index (κ1) is 14.6. The zero-order valence-corrected chi connectivity index (χ0v) is 13.3. The van der Waals surface area contributed by atoms with Crippen molar-refractivity contribution in [3.63, 3.8) is 0 Å². The molecule has 118 valence electrons. The number of aliphatic imine (C=N–C) groups is 1. The van der Waals surface area contributed by atoms with E-state index in [1.165, 1.54) is 0 Å². The summed E-state index contributed by atoms with van der Waals surface area (Å²) in [5, 5.41) is 0. The number of piperidine rings is 1. The molecule has 1 fully saturated rings. The van der Waals surface area contributed by atoms with Gasteiger partial charge in [0.05, 0.1) is 17.1 Å². The average Bonchev–Trinajstić information content (AvgIpc) is 3.08. The van der Waals surface area contributed by atoms with Crippen LogP contribution >= 0.6 is 11.8 Å². The third-order valence-electron chi connectivity index (χ3n) is 4.02. The molecule has 4 heterocycles. The summed E-state index contributed by atoms with van der Waals surface area (Å²) in [6.07, 6.45) is 5.82. The van der Waals surface area contributed by atoms with E-state index in [9.17, 15) is 4.39 Å². The fraction of sp³-hybridized carbons (Fsp3) is 0.375. The molecule has 2 aromatic heterocycles. The van der Waals surface area contributed by atoms with Crippen molar-refractivity contribution < 1.29 is 4.39 Å². The first-order valence-electron chi connectivity index (χ1n) is 7.65. The molecule has 0 saturated carbocycles. The van der Waals surface area contributed by atoms with Crippen LogP contribution in [0.4, 0.5) is 10.2 Å². The third kappa shape index (κ3) is 3.06. The summed E-state index contributed by atoms with van der Waals surface area (Å²) in [6, 6.07) is 3.91. The minimum Gasteiger partial charge on any atom is -0.354 e. The highest BCUT2D eigenvalue weighted by Crippen LogP contribution is 2.27. The van der Waals surface area contributed by atoms with Crippen molar-refractivity contribution in [3.8, 4) is 0 Å². The summed E-state index contributed by atoms with van der Waals surface area (Å²) in [6.45, 7) is 1.34. The number of alkyl halides is 1. The van der Waals surface area contributed by atoms with E-state index in [4.69, 9.17) is 4.98 Å². The maximum atomic E-state index is 13.4. The fourth-order valence-electron chi connectivity index (χ4n) is 2.82. The van der Waals surface area contributed by atoms with Gasteiger partial charge in [0.2, 0.25) is 0 Å². The summed E-state index contributed by atoms with van der Waals surface area (Å²) >= 11 is 1.69. The molecule has 5 nitrogen and oxygen atoms in total. The van der Waals surface area contributed by atoms with Crippen LogP contribution in [-0.4, -0.2) is 46.3 Å². The third-order valence-corrected chi connectivity index (χ3v) is 4.86. The Morgan fingerprint density at radius 3 is 2.87 bits per heavy atom. The van der Waals surface area contributed by atoms with Crippen LogP contribution in [0.3, 0.4) is 0 Å². The van der Waals surface area contributed by atoms with Gasteiger partial charge in [0.25, 0.3) is 0 Å². The highest BCUT2D eigenvalue weighted by Gasteiger charge is 2.21. The molecule has 0 spiro atoms.